The van der Waals surface area contributed by atoms with Crippen molar-refractivity contribution in [3.8, 4) is 0 Å². The molecule has 0 unspecified atom stereocenters. The summed E-state index contributed by atoms with van der Waals surface area (Å²) in [6, 6.07) is 0. The monoisotopic (exact) mass is 231 g/mol. The van der Waals surface area contributed by atoms with E-state index in [-0.39, 0.29) is 12.0 Å². The van der Waals surface area contributed by atoms with Crippen LogP contribution in [-0.4, -0.2) is 16.7 Å². The first-order chi connectivity index (χ1) is 6.67. The summed E-state index contributed by atoms with van der Waals surface area (Å²) in [4.78, 5) is 3.89. The second kappa shape index (κ2) is 3.69. The van der Waals surface area contributed by atoms with Crippen LogP contribution in [0.25, 0.3) is 0 Å². The molecule has 1 fully saturated rings. The summed E-state index contributed by atoms with van der Waals surface area (Å²) in [5.74, 6) is 0. The summed E-state index contributed by atoms with van der Waals surface area (Å²) in [5, 5.41) is 10.4. The average Bonchev–Trinajstić information content (AvgIpc) is 2.93. The summed E-state index contributed by atoms with van der Waals surface area (Å²) in [6.07, 6.45) is 6.05. The van der Waals surface area contributed by atoms with Crippen LogP contribution in [0.1, 0.15) is 18.4 Å². The highest BCUT2D eigenvalue weighted by Gasteiger charge is 2.42. The Morgan fingerprint density at radius 2 is 1.86 bits per heavy atom. The number of aliphatic hydroxyl groups is 1. The van der Waals surface area contributed by atoms with Crippen molar-refractivity contribution >= 4 is 23.2 Å². The van der Waals surface area contributed by atoms with Crippen molar-refractivity contribution in [2.24, 2.45) is 5.41 Å². The molecule has 76 valence electrons. The number of aliphatic hydroxyl groups excluding tert-OH is 1. The van der Waals surface area contributed by atoms with Gasteiger partial charge < -0.3 is 5.11 Å². The van der Waals surface area contributed by atoms with Gasteiger partial charge in [-0.05, 0) is 30.2 Å². The van der Waals surface area contributed by atoms with Crippen molar-refractivity contribution < 1.29 is 5.11 Å². The van der Waals surface area contributed by atoms with Crippen LogP contribution in [-0.2, 0) is 6.42 Å². The first kappa shape index (κ1) is 10.2. The molecule has 4 heteroatoms. The van der Waals surface area contributed by atoms with Gasteiger partial charge in [-0.3, -0.25) is 4.98 Å². The van der Waals surface area contributed by atoms with Gasteiger partial charge in [0.05, 0.1) is 10.0 Å². The van der Waals surface area contributed by atoms with Crippen LogP contribution in [0.15, 0.2) is 12.4 Å². The highest BCUT2D eigenvalue weighted by molar-refractivity contribution is 6.35. The average molecular weight is 232 g/mol. The maximum Gasteiger partial charge on any atom is 0.0636 e. The molecule has 1 heterocycles. The van der Waals surface area contributed by atoms with Crippen molar-refractivity contribution in [2.45, 2.75) is 19.3 Å². The maximum absolute atomic E-state index is 9.20. The number of hydrogen-bond acceptors (Lipinski definition) is 2. The van der Waals surface area contributed by atoms with E-state index >= 15 is 0 Å². The van der Waals surface area contributed by atoms with E-state index in [1.807, 2.05) is 0 Å². The molecule has 0 aromatic carbocycles. The standard InChI is InChI=1S/C10H11Cl2NO/c11-8-4-13-5-9(12)7(8)3-10(6-14)1-2-10/h4-5,14H,1-3,6H2. The van der Waals surface area contributed by atoms with Crippen LogP contribution in [0.2, 0.25) is 10.0 Å². The summed E-state index contributed by atoms with van der Waals surface area (Å²) in [6.45, 7) is 0.210. The van der Waals surface area contributed by atoms with Gasteiger partial charge in [0, 0.05) is 19.0 Å². The van der Waals surface area contributed by atoms with Gasteiger partial charge in [0.2, 0.25) is 0 Å². The van der Waals surface area contributed by atoms with Crippen LogP contribution in [0.5, 0.6) is 0 Å². The summed E-state index contributed by atoms with van der Waals surface area (Å²) >= 11 is 12.0. The molecule has 1 N–H and O–H groups in total. The molecule has 1 aromatic rings. The summed E-state index contributed by atoms with van der Waals surface area (Å²) in [7, 11) is 0. The van der Waals surface area contributed by atoms with Crippen LogP contribution < -0.4 is 0 Å². The van der Waals surface area contributed by atoms with E-state index in [4.69, 9.17) is 23.2 Å². The Morgan fingerprint density at radius 1 is 1.29 bits per heavy atom. The Labute approximate surface area is 92.9 Å². The van der Waals surface area contributed by atoms with Crippen LogP contribution in [0.3, 0.4) is 0 Å². The number of halogens is 2. The van der Waals surface area contributed by atoms with Crippen molar-refractivity contribution in [2.75, 3.05) is 6.61 Å². The lowest BCUT2D eigenvalue weighted by Crippen LogP contribution is -2.10. The van der Waals surface area contributed by atoms with E-state index in [0.29, 0.717) is 10.0 Å². The third-order valence-corrected chi connectivity index (χ3v) is 3.45. The minimum absolute atomic E-state index is 0.0363. The smallest absolute Gasteiger partial charge is 0.0636 e. The molecule has 0 spiro atoms. The number of rotatable bonds is 3. The highest BCUT2D eigenvalue weighted by Crippen LogP contribution is 2.49. The molecule has 0 atom stereocenters. The van der Waals surface area contributed by atoms with Gasteiger partial charge >= 0.3 is 0 Å². The normalized spacial score (nSPS) is 18.2. The van der Waals surface area contributed by atoms with Crippen molar-refractivity contribution in [1.29, 1.82) is 0 Å². The predicted octanol–water partition coefficient (Wildman–Crippen LogP) is 2.70. The zero-order chi connectivity index (χ0) is 10.2. The number of pyridine rings is 1. The Balaban J connectivity index is 2.24. The Hall–Kier alpha value is -0.310. The fourth-order valence-corrected chi connectivity index (χ4v) is 2.05. The lowest BCUT2D eigenvalue weighted by atomic mass is 9.98. The molecule has 1 saturated carbocycles. The molecule has 0 radical (unpaired) electrons. The summed E-state index contributed by atoms with van der Waals surface area (Å²) < 4.78 is 0. The SMILES string of the molecule is OCC1(Cc2c(Cl)cncc2Cl)CC1. The largest absolute Gasteiger partial charge is 0.396 e. The third-order valence-electron chi connectivity index (χ3n) is 2.80. The van der Waals surface area contributed by atoms with Gasteiger partial charge in [0.25, 0.3) is 0 Å². The topological polar surface area (TPSA) is 33.1 Å². The van der Waals surface area contributed by atoms with E-state index in [0.717, 1.165) is 24.8 Å². The molecule has 2 nitrogen and oxygen atoms in total. The second-order valence-electron chi connectivity index (χ2n) is 3.92. The lowest BCUT2D eigenvalue weighted by molar-refractivity contribution is 0.211. The molecule has 1 aromatic heterocycles. The molecule has 0 saturated heterocycles. The first-order valence-electron chi connectivity index (χ1n) is 4.56. The van der Waals surface area contributed by atoms with Crippen LogP contribution in [0, 0.1) is 5.41 Å². The first-order valence-corrected chi connectivity index (χ1v) is 5.31. The molecule has 0 aliphatic heterocycles. The number of hydrogen-bond donors (Lipinski definition) is 1. The van der Waals surface area contributed by atoms with Crippen molar-refractivity contribution in [1.82, 2.24) is 4.98 Å². The zero-order valence-corrected chi connectivity index (χ0v) is 9.15. The third kappa shape index (κ3) is 1.88. The molecule has 2 rings (SSSR count). The Morgan fingerprint density at radius 3 is 2.29 bits per heavy atom. The van der Waals surface area contributed by atoms with E-state index in [9.17, 15) is 5.11 Å². The maximum atomic E-state index is 9.20. The second-order valence-corrected chi connectivity index (χ2v) is 4.73. The van der Waals surface area contributed by atoms with Crippen LogP contribution in [0.4, 0.5) is 0 Å². The van der Waals surface area contributed by atoms with Gasteiger partial charge in [-0.15, -0.1) is 0 Å². The zero-order valence-electron chi connectivity index (χ0n) is 7.63. The van der Waals surface area contributed by atoms with E-state index in [1.54, 1.807) is 12.4 Å². The fraction of sp³-hybridized carbons (Fsp3) is 0.500. The van der Waals surface area contributed by atoms with E-state index in [2.05, 4.69) is 4.98 Å². The highest BCUT2D eigenvalue weighted by atomic mass is 35.5. The number of nitrogens with zero attached hydrogens (tertiary/aromatic N) is 1. The lowest BCUT2D eigenvalue weighted by Gasteiger charge is -2.13. The van der Waals surface area contributed by atoms with Gasteiger partial charge in [-0.1, -0.05) is 23.2 Å². The molecular formula is C10H11Cl2NO. The van der Waals surface area contributed by atoms with Crippen molar-refractivity contribution in [3.63, 3.8) is 0 Å². The number of aromatic nitrogens is 1. The van der Waals surface area contributed by atoms with Gasteiger partial charge in [-0.25, -0.2) is 0 Å². The van der Waals surface area contributed by atoms with E-state index < -0.39 is 0 Å². The van der Waals surface area contributed by atoms with Crippen LogP contribution >= 0.6 is 23.2 Å². The predicted molar refractivity (Wildman–Crippen MR) is 56.7 cm³/mol. The van der Waals surface area contributed by atoms with Crippen molar-refractivity contribution in [3.05, 3.63) is 28.0 Å². The molecule has 14 heavy (non-hydrogen) atoms. The molecular weight excluding hydrogens is 221 g/mol. The molecule has 0 amide bonds. The van der Waals surface area contributed by atoms with Gasteiger partial charge in [0.1, 0.15) is 0 Å². The quantitative estimate of drug-likeness (QED) is 0.869. The molecule has 0 bridgehead atoms. The minimum atomic E-state index is 0.0363. The van der Waals surface area contributed by atoms with Gasteiger partial charge in [0.15, 0.2) is 0 Å². The summed E-state index contributed by atoms with van der Waals surface area (Å²) in [5.41, 5.74) is 0.948. The molecule has 1 aliphatic carbocycles. The fourth-order valence-electron chi connectivity index (χ4n) is 1.55. The minimum Gasteiger partial charge on any atom is -0.396 e. The molecule has 1 aliphatic rings. The Kier molecular flexibility index (Phi) is 2.69. The van der Waals surface area contributed by atoms with Gasteiger partial charge in [-0.2, -0.15) is 0 Å². The Bertz CT molecular complexity index is 330. The van der Waals surface area contributed by atoms with E-state index in [1.165, 1.54) is 0 Å².